The van der Waals surface area contributed by atoms with E-state index in [1.165, 1.54) is 48.5 Å². The van der Waals surface area contributed by atoms with E-state index in [2.05, 4.69) is 0 Å². The first-order chi connectivity index (χ1) is 15.6. The summed E-state index contributed by atoms with van der Waals surface area (Å²) in [4.78, 5) is 16.8. The van der Waals surface area contributed by atoms with E-state index in [9.17, 15) is 26.4 Å². The Hall–Kier alpha value is -3.33. The van der Waals surface area contributed by atoms with Crippen molar-refractivity contribution < 1.29 is 26.4 Å². The molecule has 3 aromatic rings. The van der Waals surface area contributed by atoms with Gasteiger partial charge in [-0.25, -0.2) is 21.6 Å². The summed E-state index contributed by atoms with van der Waals surface area (Å²) in [5.74, 6) is -2.15. The number of piperazine rings is 1. The lowest BCUT2D eigenvalue weighted by atomic mass is 9.98. The second-order valence-electron chi connectivity index (χ2n) is 7.89. The van der Waals surface area contributed by atoms with E-state index in [0.29, 0.717) is 29.9 Å². The van der Waals surface area contributed by atoms with Crippen LogP contribution in [0.2, 0.25) is 0 Å². The maximum atomic E-state index is 13.6. The average Bonchev–Trinajstić information content (AvgIpc) is 2.78. The first-order valence-corrected chi connectivity index (χ1v) is 12.1. The van der Waals surface area contributed by atoms with Crippen molar-refractivity contribution in [3.05, 3.63) is 83.7 Å². The molecule has 1 amide bonds. The molecule has 1 saturated heterocycles. The number of sulfone groups is 1. The van der Waals surface area contributed by atoms with Crippen molar-refractivity contribution >= 4 is 21.4 Å². The van der Waals surface area contributed by atoms with Gasteiger partial charge >= 0.3 is 0 Å². The average molecular weight is 475 g/mol. The zero-order valence-corrected chi connectivity index (χ0v) is 18.6. The van der Waals surface area contributed by atoms with Gasteiger partial charge in [0.25, 0.3) is 5.91 Å². The molecule has 0 bridgehead atoms. The molecule has 172 valence electrons. The van der Waals surface area contributed by atoms with Crippen molar-refractivity contribution in [3.8, 4) is 11.1 Å². The molecule has 33 heavy (non-hydrogen) atoms. The highest BCUT2D eigenvalue weighted by atomic mass is 32.2. The molecule has 0 saturated carbocycles. The van der Waals surface area contributed by atoms with E-state index in [4.69, 9.17) is 0 Å². The van der Waals surface area contributed by atoms with Crippen molar-refractivity contribution in [2.24, 2.45) is 0 Å². The molecular weight excluding hydrogens is 453 g/mol. The smallest absolute Gasteiger partial charge is 0.254 e. The maximum Gasteiger partial charge on any atom is 0.254 e. The number of benzene rings is 3. The Morgan fingerprint density at radius 3 is 1.97 bits per heavy atom. The van der Waals surface area contributed by atoms with Crippen LogP contribution in [-0.4, -0.2) is 51.7 Å². The quantitative estimate of drug-likeness (QED) is 0.571. The normalized spacial score (nSPS) is 14.4. The topological polar surface area (TPSA) is 57.7 Å². The highest BCUT2D eigenvalue weighted by Crippen LogP contribution is 2.29. The zero-order valence-electron chi connectivity index (χ0n) is 17.8. The van der Waals surface area contributed by atoms with Crippen LogP contribution in [0, 0.1) is 17.5 Å². The van der Waals surface area contributed by atoms with Crippen LogP contribution in [0.5, 0.6) is 0 Å². The maximum absolute atomic E-state index is 13.6. The number of hydrogen-bond acceptors (Lipinski definition) is 4. The van der Waals surface area contributed by atoms with Crippen molar-refractivity contribution in [3.63, 3.8) is 0 Å². The predicted octanol–water partition coefficient (Wildman–Crippen LogP) is 4.14. The van der Waals surface area contributed by atoms with Gasteiger partial charge in [0.15, 0.2) is 9.84 Å². The van der Waals surface area contributed by atoms with Gasteiger partial charge in [-0.3, -0.25) is 4.79 Å². The summed E-state index contributed by atoms with van der Waals surface area (Å²) in [7, 11) is -3.56. The number of anilines is 1. The van der Waals surface area contributed by atoms with Gasteiger partial charge in [0, 0.05) is 49.8 Å². The van der Waals surface area contributed by atoms with Crippen molar-refractivity contribution in [2.75, 3.05) is 37.3 Å². The van der Waals surface area contributed by atoms with Crippen LogP contribution in [0.3, 0.4) is 0 Å². The zero-order chi connectivity index (χ0) is 23.8. The highest BCUT2D eigenvalue weighted by Gasteiger charge is 2.26. The molecule has 1 aliphatic rings. The van der Waals surface area contributed by atoms with Gasteiger partial charge in [-0.15, -0.1) is 0 Å². The summed E-state index contributed by atoms with van der Waals surface area (Å²) in [6.45, 7) is 1.27. The molecular formula is C24H21F3N2O3S. The van der Waals surface area contributed by atoms with Gasteiger partial charge in [0.1, 0.15) is 17.5 Å². The molecule has 9 heteroatoms. The van der Waals surface area contributed by atoms with Gasteiger partial charge in [-0.05, 0) is 47.5 Å². The fraction of sp³-hybridized carbons (Fsp3) is 0.208. The Kier molecular flexibility index (Phi) is 6.16. The summed E-state index contributed by atoms with van der Waals surface area (Å²) in [6.07, 6.45) is 1.06. The third kappa shape index (κ3) is 5.03. The molecule has 4 rings (SSSR count). The first kappa shape index (κ1) is 22.8. The Labute approximate surface area is 190 Å². The van der Waals surface area contributed by atoms with Crippen LogP contribution in [-0.2, 0) is 9.84 Å². The first-order valence-electron chi connectivity index (χ1n) is 10.2. The number of rotatable bonds is 4. The number of nitrogens with zero attached hydrogens (tertiary/aromatic N) is 2. The Bertz CT molecular complexity index is 1280. The van der Waals surface area contributed by atoms with Crippen LogP contribution in [0.25, 0.3) is 11.1 Å². The van der Waals surface area contributed by atoms with Crippen molar-refractivity contribution in [1.82, 2.24) is 4.90 Å². The molecule has 1 fully saturated rings. The van der Waals surface area contributed by atoms with Gasteiger partial charge in [0.2, 0.25) is 0 Å². The lowest BCUT2D eigenvalue weighted by Gasteiger charge is -2.36. The van der Waals surface area contributed by atoms with E-state index in [1.807, 2.05) is 0 Å². The predicted molar refractivity (Wildman–Crippen MR) is 119 cm³/mol. The third-order valence-electron chi connectivity index (χ3n) is 5.58. The second kappa shape index (κ2) is 8.90. The summed E-state index contributed by atoms with van der Waals surface area (Å²) in [5.41, 5.74) is 1.65. The number of halogens is 3. The number of carbonyl (C=O) groups excluding carboxylic acids is 1. The fourth-order valence-electron chi connectivity index (χ4n) is 3.87. The minimum absolute atomic E-state index is 0.00517. The molecule has 0 atom stereocenters. The lowest BCUT2D eigenvalue weighted by molar-refractivity contribution is 0.0747. The van der Waals surface area contributed by atoms with E-state index in [1.54, 1.807) is 15.9 Å². The Balaban J connectivity index is 1.62. The minimum Gasteiger partial charge on any atom is -0.368 e. The SMILES string of the molecule is CS(=O)(=O)c1ccc(-c2ccc(F)cc2)c(C(=O)N2CCN(c3cc(F)cc(F)c3)CC2)c1. The molecule has 0 spiro atoms. The van der Waals surface area contributed by atoms with Crippen LogP contribution in [0.4, 0.5) is 18.9 Å². The van der Waals surface area contributed by atoms with Gasteiger partial charge < -0.3 is 9.80 Å². The van der Waals surface area contributed by atoms with Crippen LogP contribution in [0.1, 0.15) is 10.4 Å². The highest BCUT2D eigenvalue weighted by molar-refractivity contribution is 7.90. The molecule has 0 N–H and O–H groups in total. The Morgan fingerprint density at radius 2 is 1.39 bits per heavy atom. The molecule has 3 aromatic carbocycles. The van der Waals surface area contributed by atoms with E-state index >= 15 is 0 Å². The van der Waals surface area contributed by atoms with Gasteiger partial charge in [-0.2, -0.15) is 0 Å². The van der Waals surface area contributed by atoms with Crippen molar-refractivity contribution in [1.29, 1.82) is 0 Å². The van der Waals surface area contributed by atoms with E-state index in [0.717, 1.165) is 12.3 Å². The van der Waals surface area contributed by atoms with Crippen LogP contribution >= 0.6 is 0 Å². The molecule has 0 aromatic heterocycles. The van der Waals surface area contributed by atoms with E-state index < -0.39 is 27.3 Å². The second-order valence-corrected chi connectivity index (χ2v) is 9.91. The van der Waals surface area contributed by atoms with Crippen LogP contribution < -0.4 is 4.90 Å². The summed E-state index contributed by atoms with van der Waals surface area (Å²) in [5, 5.41) is 0. The number of amides is 1. The summed E-state index contributed by atoms with van der Waals surface area (Å²) in [6, 6.07) is 13.2. The fourth-order valence-corrected chi connectivity index (χ4v) is 4.52. The number of carbonyl (C=O) groups is 1. The standard InChI is InChI=1S/C24H21F3N2O3S/c1-33(31,32)21-6-7-22(16-2-4-17(25)5-3-16)23(15-21)24(30)29-10-8-28(9-11-29)20-13-18(26)12-19(27)14-20/h2-7,12-15H,8-11H2,1H3. The largest absolute Gasteiger partial charge is 0.368 e. The van der Waals surface area contributed by atoms with Crippen LogP contribution in [0.15, 0.2) is 65.6 Å². The Morgan fingerprint density at radius 1 is 0.788 bits per heavy atom. The van der Waals surface area contributed by atoms with E-state index in [-0.39, 0.29) is 29.5 Å². The molecule has 0 radical (unpaired) electrons. The van der Waals surface area contributed by atoms with Gasteiger partial charge in [0.05, 0.1) is 4.90 Å². The molecule has 1 heterocycles. The number of hydrogen-bond donors (Lipinski definition) is 0. The molecule has 5 nitrogen and oxygen atoms in total. The lowest BCUT2D eigenvalue weighted by Crippen LogP contribution is -2.49. The molecule has 0 aliphatic carbocycles. The van der Waals surface area contributed by atoms with Crippen molar-refractivity contribution in [2.45, 2.75) is 4.90 Å². The molecule has 0 unspecified atom stereocenters. The summed E-state index contributed by atoms with van der Waals surface area (Å²) >= 11 is 0. The summed E-state index contributed by atoms with van der Waals surface area (Å²) < 4.78 is 64.7. The van der Waals surface area contributed by atoms with Gasteiger partial charge in [-0.1, -0.05) is 18.2 Å². The monoisotopic (exact) mass is 474 g/mol. The molecule has 1 aliphatic heterocycles. The minimum atomic E-state index is -3.56. The third-order valence-corrected chi connectivity index (χ3v) is 6.69.